The Kier molecular flexibility index (Phi) is 2.86. The first kappa shape index (κ1) is 10.4. The fourth-order valence-electron chi connectivity index (χ4n) is 1.57. The van der Waals surface area contributed by atoms with E-state index in [0.717, 1.165) is 24.3 Å². The number of nitrogens with two attached hydrogens (primary N) is 1. The second-order valence-electron chi connectivity index (χ2n) is 3.89. The van der Waals surface area contributed by atoms with Crippen molar-refractivity contribution < 1.29 is 4.79 Å². The number of hydrogen-bond donors (Lipinski definition) is 1. The van der Waals surface area contributed by atoms with Gasteiger partial charge in [0.2, 0.25) is 0 Å². The lowest BCUT2D eigenvalue weighted by Gasteiger charge is -2.04. The molecule has 0 spiro atoms. The van der Waals surface area contributed by atoms with Gasteiger partial charge in [0.1, 0.15) is 0 Å². The fourth-order valence-corrected chi connectivity index (χ4v) is 1.74. The van der Waals surface area contributed by atoms with Crippen molar-refractivity contribution >= 4 is 17.5 Å². The van der Waals surface area contributed by atoms with Crippen molar-refractivity contribution in [1.82, 2.24) is 10.2 Å². The highest BCUT2D eigenvalue weighted by Gasteiger charge is 2.22. The monoisotopic (exact) mass is 225 g/mol. The van der Waals surface area contributed by atoms with Crippen LogP contribution in [0.25, 0.3) is 0 Å². The summed E-state index contributed by atoms with van der Waals surface area (Å²) in [5, 5.41) is 7.65. The minimum absolute atomic E-state index is 0.250. The van der Waals surface area contributed by atoms with E-state index in [-0.39, 0.29) is 5.69 Å². The van der Waals surface area contributed by atoms with E-state index in [1.807, 2.05) is 0 Å². The van der Waals surface area contributed by atoms with E-state index in [9.17, 15) is 4.79 Å². The predicted molar refractivity (Wildman–Crippen MR) is 56.6 cm³/mol. The van der Waals surface area contributed by atoms with Gasteiger partial charge in [0.05, 0.1) is 0 Å². The zero-order valence-electron chi connectivity index (χ0n) is 8.24. The van der Waals surface area contributed by atoms with Gasteiger partial charge in [0, 0.05) is 0 Å². The van der Waals surface area contributed by atoms with E-state index < -0.39 is 5.91 Å². The molecule has 1 saturated carbocycles. The average molecular weight is 226 g/mol. The van der Waals surface area contributed by atoms with E-state index in [1.54, 1.807) is 6.07 Å². The Morgan fingerprint density at radius 3 is 2.87 bits per heavy atom. The molecule has 2 rings (SSSR count). The second kappa shape index (κ2) is 4.14. The van der Waals surface area contributed by atoms with Crippen molar-refractivity contribution in [1.29, 1.82) is 0 Å². The van der Waals surface area contributed by atoms with E-state index >= 15 is 0 Å². The molecule has 0 saturated heterocycles. The molecule has 0 radical (unpaired) electrons. The lowest BCUT2D eigenvalue weighted by Crippen LogP contribution is -2.17. The number of carbonyl (C=O) groups is 1. The van der Waals surface area contributed by atoms with Gasteiger partial charge in [-0.2, -0.15) is 0 Å². The first-order valence-electron chi connectivity index (χ1n) is 4.98. The van der Waals surface area contributed by atoms with Crippen LogP contribution in [0.2, 0.25) is 5.15 Å². The molecule has 1 aliphatic carbocycles. The van der Waals surface area contributed by atoms with Crippen LogP contribution >= 0.6 is 11.6 Å². The fraction of sp³-hybridized carbons (Fsp3) is 0.500. The van der Waals surface area contributed by atoms with Gasteiger partial charge in [-0.25, -0.2) is 0 Å². The Hall–Kier alpha value is -1.16. The maximum absolute atomic E-state index is 11.1. The van der Waals surface area contributed by atoms with Gasteiger partial charge < -0.3 is 5.73 Å². The van der Waals surface area contributed by atoms with Gasteiger partial charge in [-0.15, -0.1) is 10.2 Å². The van der Waals surface area contributed by atoms with Crippen LogP contribution in [-0.2, 0) is 6.42 Å². The molecule has 1 amide bonds. The Balaban J connectivity index is 2.16. The summed E-state index contributed by atoms with van der Waals surface area (Å²) in [7, 11) is 0. The molecule has 0 unspecified atom stereocenters. The summed E-state index contributed by atoms with van der Waals surface area (Å²) in [4.78, 5) is 11.1. The molecule has 80 valence electrons. The highest BCUT2D eigenvalue weighted by atomic mass is 35.5. The Labute approximate surface area is 92.8 Å². The topological polar surface area (TPSA) is 68.9 Å². The van der Waals surface area contributed by atoms with Crippen LogP contribution < -0.4 is 5.73 Å². The van der Waals surface area contributed by atoms with Crippen molar-refractivity contribution in [2.24, 2.45) is 11.7 Å². The third-order valence-corrected chi connectivity index (χ3v) is 2.78. The number of halogens is 1. The smallest absolute Gasteiger partial charge is 0.269 e. The minimum Gasteiger partial charge on any atom is -0.364 e. The van der Waals surface area contributed by atoms with Crippen molar-refractivity contribution in [2.45, 2.75) is 25.7 Å². The molecule has 15 heavy (non-hydrogen) atoms. The van der Waals surface area contributed by atoms with E-state index in [4.69, 9.17) is 17.3 Å². The van der Waals surface area contributed by atoms with Crippen LogP contribution in [0.5, 0.6) is 0 Å². The standard InChI is InChI=1S/C10H12ClN3O/c11-8-5-7(4-3-6-1-2-6)9(10(12)15)14-13-8/h5-6H,1-4H2,(H2,12,15). The summed E-state index contributed by atoms with van der Waals surface area (Å²) < 4.78 is 0. The SMILES string of the molecule is NC(=O)c1nnc(Cl)cc1CCC1CC1. The predicted octanol–water partition coefficient (Wildman–Crippen LogP) is 1.57. The summed E-state index contributed by atoms with van der Waals surface area (Å²) >= 11 is 5.73. The first-order chi connectivity index (χ1) is 7.16. The molecule has 2 N–H and O–H groups in total. The number of carbonyl (C=O) groups excluding carboxylic acids is 1. The second-order valence-corrected chi connectivity index (χ2v) is 4.27. The van der Waals surface area contributed by atoms with Crippen molar-refractivity contribution in [3.8, 4) is 0 Å². The van der Waals surface area contributed by atoms with Gasteiger partial charge >= 0.3 is 0 Å². The van der Waals surface area contributed by atoms with Crippen molar-refractivity contribution in [2.75, 3.05) is 0 Å². The summed E-state index contributed by atoms with van der Waals surface area (Å²) in [5.74, 6) is 0.266. The zero-order chi connectivity index (χ0) is 10.8. The maximum Gasteiger partial charge on any atom is 0.269 e. The molecule has 1 aromatic rings. The van der Waals surface area contributed by atoms with Crippen LogP contribution in [0, 0.1) is 5.92 Å². The number of hydrogen-bond acceptors (Lipinski definition) is 3. The summed E-state index contributed by atoms with van der Waals surface area (Å²) in [6.07, 6.45) is 4.46. The molecule has 4 nitrogen and oxygen atoms in total. The van der Waals surface area contributed by atoms with Gasteiger partial charge in [0.15, 0.2) is 10.8 Å². The zero-order valence-corrected chi connectivity index (χ0v) is 9.00. The van der Waals surface area contributed by atoms with Crippen LogP contribution in [0.15, 0.2) is 6.07 Å². The Morgan fingerprint density at radius 1 is 1.53 bits per heavy atom. The van der Waals surface area contributed by atoms with Gasteiger partial charge in [-0.1, -0.05) is 24.4 Å². The van der Waals surface area contributed by atoms with Crippen LogP contribution in [-0.4, -0.2) is 16.1 Å². The molecule has 1 aliphatic rings. The molecule has 0 bridgehead atoms. The molecule has 1 fully saturated rings. The average Bonchev–Trinajstić information content (AvgIpc) is 2.97. The number of aryl methyl sites for hydroxylation is 1. The van der Waals surface area contributed by atoms with Crippen molar-refractivity contribution in [3.63, 3.8) is 0 Å². The summed E-state index contributed by atoms with van der Waals surface area (Å²) in [5.41, 5.74) is 6.27. The quantitative estimate of drug-likeness (QED) is 0.846. The largest absolute Gasteiger partial charge is 0.364 e. The molecule has 0 aromatic carbocycles. The van der Waals surface area contributed by atoms with E-state index in [0.29, 0.717) is 5.15 Å². The minimum atomic E-state index is -0.537. The molecule has 1 aromatic heterocycles. The number of primary amides is 1. The number of rotatable bonds is 4. The lowest BCUT2D eigenvalue weighted by atomic mass is 10.1. The first-order valence-corrected chi connectivity index (χ1v) is 5.36. The number of aromatic nitrogens is 2. The summed E-state index contributed by atoms with van der Waals surface area (Å²) in [6.45, 7) is 0. The Morgan fingerprint density at radius 2 is 2.27 bits per heavy atom. The van der Waals surface area contributed by atoms with Crippen LogP contribution in [0.4, 0.5) is 0 Å². The maximum atomic E-state index is 11.1. The van der Waals surface area contributed by atoms with Crippen LogP contribution in [0.1, 0.15) is 35.3 Å². The molecule has 0 aliphatic heterocycles. The van der Waals surface area contributed by atoms with E-state index in [1.165, 1.54) is 12.8 Å². The highest BCUT2D eigenvalue weighted by molar-refractivity contribution is 6.29. The third kappa shape index (κ3) is 2.65. The van der Waals surface area contributed by atoms with Gasteiger partial charge in [-0.05, 0) is 30.4 Å². The van der Waals surface area contributed by atoms with Crippen LogP contribution in [0.3, 0.4) is 0 Å². The molecule has 5 heteroatoms. The number of amides is 1. The summed E-state index contributed by atoms with van der Waals surface area (Å²) in [6, 6.07) is 1.68. The molecule has 1 heterocycles. The van der Waals surface area contributed by atoms with Gasteiger partial charge in [0.25, 0.3) is 5.91 Å². The molecule has 0 atom stereocenters. The van der Waals surface area contributed by atoms with Gasteiger partial charge in [-0.3, -0.25) is 4.79 Å². The van der Waals surface area contributed by atoms with E-state index in [2.05, 4.69) is 10.2 Å². The molecular weight excluding hydrogens is 214 g/mol. The molecular formula is C10H12ClN3O. The Bertz CT molecular complexity index is 390. The van der Waals surface area contributed by atoms with Crippen molar-refractivity contribution in [3.05, 3.63) is 22.5 Å². The lowest BCUT2D eigenvalue weighted by molar-refractivity contribution is 0.0993. The third-order valence-electron chi connectivity index (χ3n) is 2.60. The normalized spacial score (nSPS) is 15.3. The number of nitrogens with zero attached hydrogens (tertiary/aromatic N) is 2. The highest BCUT2D eigenvalue weighted by Crippen LogP contribution is 2.33.